The zero-order valence-corrected chi connectivity index (χ0v) is 18.3. The number of hydrogen-bond acceptors (Lipinski definition) is 6. The first-order valence-electron chi connectivity index (χ1n) is 10.2. The summed E-state index contributed by atoms with van der Waals surface area (Å²) in [4.78, 5) is 18.5. The molecular weight excluding hydrogens is 420 g/mol. The van der Waals surface area contributed by atoms with Gasteiger partial charge in [-0.2, -0.15) is 0 Å². The fourth-order valence-electron chi connectivity index (χ4n) is 3.36. The molecule has 4 aromatic rings. The van der Waals surface area contributed by atoms with Gasteiger partial charge in [-0.15, -0.1) is 11.3 Å². The van der Waals surface area contributed by atoms with Crippen molar-refractivity contribution in [3.8, 4) is 27.6 Å². The molecule has 1 N–H and O–H groups in total. The van der Waals surface area contributed by atoms with E-state index in [-0.39, 0.29) is 12.5 Å². The van der Waals surface area contributed by atoms with Crippen molar-refractivity contribution in [1.29, 1.82) is 5.41 Å². The monoisotopic (exact) mass is 442 g/mol. The molecule has 0 fully saturated rings. The fourth-order valence-corrected chi connectivity index (χ4v) is 4.12. The maximum atomic E-state index is 12.8. The first-order valence-corrected chi connectivity index (χ1v) is 11.1. The molecular formula is C26H22N2O3S. The van der Waals surface area contributed by atoms with E-state index in [4.69, 9.17) is 19.9 Å². The first-order chi connectivity index (χ1) is 15.7. The van der Waals surface area contributed by atoms with Gasteiger partial charge in [0.1, 0.15) is 0 Å². The van der Waals surface area contributed by atoms with Crippen LogP contribution in [0.2, 0.25) is 0 Å². The smallest absolute Gasteiger partial charge is 0.352 e. The molecule has 0 bridgehead atoms. The summed E-state index contributed by atoms with van der Waals surface area (Å²) in [6.07, 6.45) is 0.226. The van der Waals surface area contributed by atoms with Crippen molar-refractivity contribution in [2.45, 2.75) is 13.0 Å². The van der Waals surface area contributed by atoms with Gasteiger partial charge in [0.05, 0.1) is 17.9 Å². The Kier molecular flexibility index (Phi) is 6.72. The van der Waals surface area contributed by atoms with Crippen LogP contribution in [0.5, 0.6) is 5.88 Å². The van der Waals surface area contributed by atoms with Crippen LogP contribution in [0.1, 0.15) is 24.2 Å². The van der Waals surface area contributed by atoms with E-state index >= 15 is 0 Å². The molecule has 0 aliphatic carbocycles. The molecule has 0 aliphatic rings. The molecule has 1 atom stereocenters. The molecule has 0 radical (unpaired) electrons. The Morgan fingerprint density at radius 1 is 1.06 bits per heavy atom. The highest BCUT2D eigenvalue weighted by Crippen LogP contribution is 2.36. The normalized spacial score (nSPS) is 11.5. The number of benzene rings is 2. The molecule has 5 nitrogen and oxygen atoms in total. The lowest BCUT2D eigenvalue weighted by atomic mass is 10.0. The van der Waals surface area contributed by atoms with Crippen LogP contribution < -0.4 is 4.74 Å². The molecule has 0 saturated carbocycles. The summed E-state index contributed by atoms with van der Waals surface area (Å²) in [5.41, 5.74) is 3.61. The quantitative estimate of drug-likeness (QED) is 0.262. The van der Waals surface area contributed by atoms with Gasteiger partial charge >= 0.3 is 5.97 Å². The second-order valence-corrected chi connectivity index (χ2v) is 7.87. The minimum absolute atomic E-state index is 0.214. The summed E-state index contributed by atoms with van der Waals surface area (Å²) in [6.45, 7) is 1.99. The summed E-state index contributed by atoms with van der Waals surface area (Å²) < 4.78 is 11.5. The Morgan fingerprint density at radius 2 is 1.78 bits per heavy atom. The van der Waals surface area contributed by atoms with Gasteiger partial charge in [-0.1, -0.05) is 66.7 Å². The van der Waals surface area contributed by atoms with E-state index < -0.39 is 12.1 Å². The number of thiophene rings is 1. The van der Waals surface area contributed by atoms with Gasteiger partial charge < -0.3 is 14.9 Å². The van der Waals surface area contributed by atoms with Gasteiger partial charge in [0.2, 0.25) is 12.0 Å². The van der Waals surface area contributed by atoms with E-state index in [2.05, 4.69) is 0 Å². The number of pyridine rings is 1. The lowest BCUT2D eigenvalue weighted by molar-refractivity contribution is -0.151. The minimum atomic E-state index is -0.996. The zero-order valence-electron chi connectivity index (χ0n) is 17.5. The van der Waals surface area contributed by atoms with Crippen molar-refractivity contribution in [2.24, 2.45) is 0 Å². The van der Waals surface area contributed by atoms with Gasteiger partial charge in [-0.25, -0.2) is 9.78 Å². The van der Waals surface area contributed by atoms with Gasteiger partial charge in [-0.3, -0.25) is 0 Å². The van der Waals surface area contributed by atoms with E-state index in [0.29, 0.717) is 16.8 Å². The Morgan fingerprint density at radius 3 is 2.41 bits per heavy atom. The second-order valence-electron chi connectivity index (χ2n) is 6.92. The van der Waals surface area contributed by atoms with Crippen molar-refractivity contribution in [3.05, 3.63) is 95.4 Å². The molecule has 6 heteroatoms. The summed E-state index contributed by atoms with van der Waals surface area (Å²) >= 11 is 1.57. The Labute approximate surface area is 190 Å². The number of nitrogens with zero attached hydrogens (tertiary/aromatic N) is 1. The molecule has 0 spiro atoms. The molecule has 32 heavy (non-hydrogen) atoms. The third-order valence-corrected chi connectivity index (χ3v) is 5.76. The minimum Gasteiger partial charge on any atom is -0.463 e. The maximum absolute atomic E-state index is 12.8. The largest absolute Gasteiger partial charge is 0.463 e. The van der Waals surface area contributed by atoms with Crippen LogP contribution in [0.3, 0.4) is 0 Å². The number of ether oxygens (including phenoxy) is 2. The summed E-state index contributed by atoms with van der Waals surface area (Å²) in [5.74, 6) is -0.286. The second kappa shape index (κ2) is 10.0. The molecule has 0 aliphatic heterocycles. The number of aromatic nitrogens is 1. The lowest BCUT2D eigenvalue weighted by Crippen LogP contribution is -2.22. The lowest BCUT2D eigenvalue weighted by Gasteiger charge is -2.20. The van der Waals surface area contributed by atoms with Gasteiger partial charge in [0.15, 0.2) is 0 Å². The fraction of sp³-hybridized carbons (Fsp3) is 0.115. The number of carbonyl (C=O) groups excluding carboxylic acids is 1. The Bertz CT molecular complexity index is 1190. The van der Waals surface area contributed by atoms with E-state index in [1.165, 1.54) is 6.21 Å². The standard InChI is InChI=1S/C26H22N2O3S/c1-2-30-26(29)24(19-12-7-4-8-13-19)31-25-21(17-27)20(23-14-9-15-32-23)16-22(28-25)18-10-5-3-6-11-18/h3-17,24,27H,2H2,1H3. The summed E-state index contributed by atoms with van der Waals surface area (Å²) in [5, 5.41) is 10.1. The highest BCUT2D eigenvalue weighted by atomic mass is 32.1. The van der Waals surface area contributed by atoms with Crippen LogP contribution in [-0.4, -0.2) is 23.8 Å². The zero-order chi connectivity index (χ0) is 22.3. The van der Waals surface area contributed by atoms with Crippen LogP contribution in [0.4, 0.5) is 0 Å². The average molecular weight is 443 g/mol. The summed E-state index contributed by atoms with van der Waals surface area (Å²) in [7, 11) is 0. The van der Waals surface area contributed by atoms with Crippen molar-refractivity contribution in [1.82, 2.24) is 4.98 Å². The summed E-state index contributed by atoms with van der Waals surface area (Å²) in [6, 6.07) is 24.8. The van der Waals surface area contributed by atoms with Crippen LogP contribution in [0.25, 0.3) is 21.7 Å². The average Bonchev–Trinajstić information content (AvgIpc) is 3.38. The predicted octanol–water partition coefficient (Wildman–Crippen LogP) is 6.16. The van der Waals surface area contributed by atoms with Gasteiger partial charge in [0.25, 0.3) is 0 Å². The number of hydrogen-bond donors (Lipinski definition) is 1. The van der Waals surface area contributed by atoms with Crippen LogP contribution in [0.15, 0.2) is 84.2 Å². The number of carbonyl (C=O) groups is 1. The highest BCUT2D eigenvalue weighted by Gasteiger charge is 2.27. The molecule has 2 aromatic heterocycles. The third-order valence-electron chi connectivity index (χ3n) is 4.86. The maximum Gasteiger partial charge on any atom is 0.352 e. The van der Waals surface area contributed by atoms with E-state index in [1.54, 1.807) is 18.3 Å². The molecule has 2 heterocycles. The molecule has 0 saturated heterocycles. The van der Waals surface area contributed by atoms with Gasteiger partial charge in [-0.05, 0) is 24.4 Å². The molecule has 1 unspecified atom stereocenters. The molecule has 4 rings (SSSR count). The molecule has 160 valence electrons. The first kappa shape index (κ1) is 21.5. The Balaban J connectivity index is 1.87. The molecule has 2 aromatic carbocycles. The van der Waals surface area contributed by atoms with Gasteiger partial charge in [0, 0.05) is 27.8 Å². The number of nitrogens with one attached hydrogen (secondary N) is 1. The predicted molar refractivity (Wildman–Crippen MR) is 127 cm³/mol. The SMILES string of the molecule is CCOC(=O)C(Oc1nc(-c2ccccc2)cc(-c2cccs2)c1C=N)c1ccccc1. The van der Waals surface area contributed by atoms with Crippen molar-refractivity contribution in [3.63, 3.8) is 0 Å². The number of esters is 1. The topological polar surface area (TPSA) is 72.3 Å². The van der Waals surface area contributed by atoms with Crippen molar-refractivity contribution >= 4 is 23.5 Å². The van der Waals surface area contributed by atoms with E-state index in [1.807, 2.05) is 84.2 Å². The van der Waals surface area contributed by atoms with Crippen molar-refractivity contribution in [2.75, 3.05) is 6.61 Å². The highest BCUT2D eigenvalue weighted by molar-refractivity contribution is 7.13. The number of rotatable bonds is 8. The van der Waals surface area contributed by atoms with Crippen LogP contribution >= 0.6 is 11.3 Å². The van der Waals surface area contributed by atoms with Crippen LogP contribution in [0, 0.1) is 5.41 Å². The third kappa shape index (κ3) is 4.60. The van der Waals surface area contributed by atoms with E-state index in [0.717, 1.165) is 16.0 Å². The molecule has 0 amide bonds. The Hall–Kier alpha value is -3.77. The van der Waals surface area contributed by atoms with E-state index in [9.17, 15) is 4.79 Å². The van der Waals surface area contributed by atoms with Crippen molar-refractivity contribution < 1.29 is 14.3 Å². The van der Waals surface area contributed by atoms with Crippen LogP contribution in [-0.2, 0) is 9.53 Å².